The Hall–Kier alpha value is -0.601. The van der Waals surface area contributed by atoms with Gasteiger partial charge in [0.25, 0.3) is 0 Å². The molecule has 3 heteroatoms. The van der Waals surface area contributed by atoms with Crippen molar-refractivity contribution in [3.8, 4) is 0 Å². The van der Waals surface area contributed by atoms with E-state index in [1.54, 1.807) is 0 Å². The second kappa shape index (κ2) is 6.23. The van der Waals surface area contributed by atoms with Gasteiger partial charge >= 0.3 is 121 Å². The van der Waals surface area contributed by atoms with Crippen molar-refractivity contribution in [2.75, 3.05) is 6.61 Å². The van der Waals surface area contributed by atoms with E-state index >= 15 is 0 Å². The molecule has 19 heavy (non-hydrogen) atoms. The molecule has 1 aliphatic rings. The Morgan fingerprint density at radius 1 is 1.42 bits per heavy atom. The Morgan fingerprint density at radius 3 is 2.74 bits per heavy atom. The van der Waals surface area contributed by atoms with E-state index in [-0.39, 0.29) is 21.6 Å². The summed E-state index contributed by atoms with van der Waals surface area (Å²) in [7, 11) is 0. The van der Waals surface area contributed by atoms with E-state index in [1.807, 2.05) is 13.0 Å². The molecular weight excluding hydrogens is 303 g/mol. The summed E-state index contributed by atoms with van der Waals surface area (Å²) in [4.78, 5) is 0.296. The molecule has 1 saturated carbocycles. The zero-order valence-electron chi connectivity index (χ0n) is 11.4. The molecule has 0 radical (unpaired) electrons. The maximum atomic E-state index is 10.6. The van der Waals surface area contributed by atoms with E-state index in [4.69, 9.17) is 0 Å². The third-order valence-electron chi connectivity index (χ3n) is 3.99. The number of aliphatic hydroxyl groups excluding tert-OH is 1. The van der Waals surface area contributed by atoms with Gasteiger partial charge in [-0.05, 0) is 0 Å². The summed E-state index contributed by atoms with van der Waals surface area (Å²) in [5.41, 5.74) is 0.339. The van der Waals surface area contributed by atoms with E-state index in [0.29, 0.717) is 10.7 Å². The van der Waals surface area contributed by atoms with Crippen LogP contribution >= 0.6 is 0 Å². The molecule has 1 aromatic rings. The van der Waals surface area contributed by atoms with Gasteiger partial charge in [-0.2, -0.15) is 0 Å². The molecular formula is C16H22O2Se. The summed E-state index contributed by atoms with van der Waals surface area (Å²) < 4.78 is 1.33. The van der Waals surface area contributed by atoms with Crippen LogP contribution in [0.2, 0.25) is 4.82 Å². The third kappa shape index (κ3) is 3.70. The number of benzene rings is 1. The first-order valence-corrected chi connectivity index (χ1v) is 8.60. The van der Waals surface area contributed by atoms with Crippen molar-refractivity contribution in [3.63, 3.8) is 0 Å². The molecule has 1 aliphatic carbocycles. The second-order valence-corrected chi connectivity index (χ2v) is 8.24. The third-order valence-corrected chi connectivity index (χ3v) is 7.20. The number of hydrogen-bond donors (Lipinski definition) is 2. The predicted molar refractivity (Wildman–Crippen MR) is 79.8 cm³/mol. The Bertz CT molecular complexity index is 428. The minimum atomic E-state index is -0.581. The molecule has 2 N–H and O–H groups in total. The number of rotatable bonds is 4. The monoisotopic (exact) mass is 326 g/mol. The van der Waals surface area contributed by atoms with Crippen molar-refractivity contribution in [1.82, 2.24) is 0 Å². The molecule has 2 unspecified atom stereocenters. The van der Waals surface area contributed by atoms with Gasteiger partial charge in [-0.15, -0.1) is 0 Å². The fourth-order valence-electron chi connectivity index (χ4n) is 2.60. The van der Waals surface area contributed by atoms with Crippen LogP contribution < -0.4 is 4.46 Å². The predicted octanol–water partition coefficient (Wildman–Crippen LogP) is 1.90. The van der Waals surface area contributed by atoms with Crippen molar-refractivity contribution in [1.29, 1.82) is 0 Å². The van der Waals surface area contributed by atoms with Crippen LogP contribution in [0.4, 0.5) is 0 Å². The first-order valence-electron chi connectivity index (χ1n) is 6.75. The molecule has 0 heterocycles. The molecule has 1 aromatic carbocycles. The molecule has 0 aromatic heterocycles. The average molecular weight is 325 g/mol. The minimum absolute atomic E-state index is 0.0673. The first-order chi connectivity index (χ1) is 9.03. The molecule has 0 saturated heterocycles. The van der Waals surface area contributed by atoms with Gasteiger partial charge < -0.3 is 0 Å². The summed E-state index contributed by atoms with van der Waals surface area (Å²) in [6.45, 7) is 5.99. The molecule has 0 amide bonds. The fraction of sp³-hybridized carbons (Fsp3) is 0.500. The van der Waals surface area contributed by atoms with Gasteiger partial charge in [-0.1, -0.05) is 0 Å². The summed E-state index contributed by atoms with van der Waals surface area (Å²) in [5, 5.41) is 19.8. The zero-order valence-corrected chi connectivity index (χ0v) is 13.1. The van der Waals surface area contributed by atoms with Crippen molar-refractivity contribution in [2.24, 2.45) is 5.92 Å². The Morgan fingerprint density at radius 2 is 2.11 bits per heavy atom. The van der Waals surface area contributed by atoms with Crippen LogP contribution in [0, 0.1) is 5.92 Å². The SMILES string of the molecule is C=C(CO)[C@@H]1CCC(C)(O)C([Se]c2ccccc2)C1. The van der Waals surface area contributed by atoms with Gasteiger partial charge in [0.1, 0.15) is 0 Å². The topological polar surface area (TPSA) is 40.5 Å². The molecule has 0 aliphatic heterocycles. The van der Waals surface area contributed by atoms with E-state index in [0.717, 1.165) is 24.8 Å². The summed E-state index contributed by atoms with van der Waals surface area (Å²) in [6.07, 6.45) is 2.69. The molecule has 2 rings (SSSR count). The molecule has 1 fully saturated rings. The van der Waals surface area contributed by atoms with E-state index in [9.17, 15) is 10.2 Å². The van der Waals surface area contributed by atoms with Gasteiger partial charge in [0.2, 0.25) is 0 Å². The molecule has 104 valence electrons. The van der Waals surface area contributed by atoms with E-state index in [2.05, 4.69) is 30.8 Å². The van der Waals surface area contributed by atoms with Crippen molar-refractivity contribution < 1.29 is 10.2 Å². The Kier molecular flexibility index (Phi) is 4.86. The molecule has 0 bridgehead atoms. The Labute approximate surface area is 121 Å². The second-order valence-electron chi connectivity index (χ2n) is 5.56. The summed E-state index contributed by atoms with van der Waals surface area (Å²) in [6, 6.07) is 10.4. The van der Waals surface area contributed by atoms with Gasteiger partial charge in [0.15, 0.2) is 0 Å². The maximum absolute atomic E-state index is 10.6. The standard InChI is InChI=1S/C16H22O2Se/c1-12(11-17)13-8-9-16(2,18)15(10-13)19-14-6-4-3-5-7-14/h3-7,13,15,17-18H,1,8-11H2,2H3/t13-,15?,16?/m1/s1. The van der Waals surface area contributed by atoms with Crippen LogP contribution in [-0.2, 0) is 0 Å². The van der Waals surface area contributed by atoms with Gasteiger partial charge in [0, 0.05) is 0 Å². The number of aliphatic hydroxyl groups is 2. The van der Waals surface area contributed by atoms with Crippen molar-refractivity contribution in [2.45, 2.75) is 36.6 Å². The quantitative estimate of drug-likeness (QED) is 0.656. The van der Waals surface area contributed by atoms with E-state index in [1.165, 1.54) is 4.46 Å². The van der Waals surface area contributed by atoms with Gasteiger partial charge in [-0.3, -0.25) is 0 Å². The Balaban J connectivity index is 2.09. The molecule has 0 spiro atoms. The van der Waals surface area contributed by atoms with Crippen LogP contribution in [0.25, 0.3) is 0 Å². The van der Waals surface area contributed by atoms with Gasteiger partial charge in [-0.25, -0.2) is 0 Å². The van der Waals surface area contributed by atoms with Crippen LogP contribution in [0.15, 0.2) is 42.5 Å². The summed E-state index contributed by atoms with van der Waals surface area (Å²) in [5.74, 6) is 0.362. The molecule has 3 atom stereocenters. The average Bonchev–Trinajstić information content (AvgIpc) is 2.41. The van der Waals surface area contributed by atoms with Crippen LogP contribution in [0.5, 0.6) is 0 Å². The van der Waals surface area contributed by atoms with Crippen LogP contribution in [0.3, 0.4) is 0 Å². The summed E-state index contributed by atoms with van der Waals surface area (Å²) >= 11 is 0.263. The molecule has 2 nitrogen and oxygen atoms in total. The normalized spacial score (nSPS) is 31.1. The van der Waals surface area contributed by atoms with Gasteiger partial charge in [0.05, 0.1) is 0 Å². The number of hydrogen-bond acceptors (Lipinski definition) is 2. The van der Waals surface area contributed by atoms with Crippen molar-refractivity contribution >= 4 is 19.4 Å². The first kappa shape index (κ1) is 14.8. The van der Waals surface area contributed by atoms with Crippen LogP contribution in [0.1, 0.15) is 26.2 Å². The van der Waals surface area contributed by atoms with Crippen LogP contribution in [-0.4, -0.2) is 37.4 Å². The van der Waals surface area contributed by atoms with E-state index < -0.39 is 5.60 Å². The zero-order chi connectivity index (χ0) is 13.9. The van der Waals surface area contributed by atoms with Crippen molar-refractivity contribution in [3.05, 3.63) is 42.5 Å². The fourth-order valence-corrected chi connectivity index (χ4v) is 5.41.